The van der Waals surface area contributed by atoms with Crippen LogP contribution in [0.2, 0.25) is 0 Å². The lowest BCUT2D eigenvalue weighted by Crippen LogP contribution is -2.22. The lowest BCUT2D eigenvalue weighted by molar-refractivity contribution is 0.568. The molecule has 7 aliphatic carbocycles. The average molecular weight is 1200 g/mol. The number of fused-ring (bicyclic) bond motifs is 8. The normalized spacial score (nSPS) is 19.8. The zero-order chi connectivity index (χ0) is 65.5. The molecule has 0 radical (unpaired) electrons. The fourth-order valence-electron chi connectivity index (χ4n) is 16.2. The summed E-state index contributed by atoms with van der Waals surface area (Å²) in [6.07, 6.45) is 35.0. The minimum atomic E-state index is -0.0795. The van der Waals surface area contributed by atoms with Crippen LogP contribution in [0.15, 0.2) is 187 Å². The first-order chi connectivity index (χ1) is 43.1. The van der Waals surface area contributed by atoms with Gasteiger partial charge in [0.05, 0.1) is 0 Å². The van der Waals surface area contributed by atoms with Crippen molar-refractivity contribution in [2.45, 2.75) is 183 Å². The van der Waals surface area contributed by atoms with Crippen molar-refractivity contribution in [1.82, 2.24) is 0 Å². The van der Waals surface area contributed by atoms with Gasteiger partial charge in [-0.1, -0.05) is 334 Å². The molecule has 0 aromatic heterocycles. The standard InChI is InChI=1S/C92H98/c1-86(2,3)60-30-24-29-56(43-60)77-67-31-22-23-32-68(67)78(57-44-61(87(4,5)6)50-62(45-57)88(7,8)9)85-74-42-38-55-36-40-70-69(39-35-54-37-41-73(84(77)85)81(74)75(54)55)79(58-46-63(89(10,11)12)51-64(47-58)90(13,14)15)82-71-33-25-27-53-28-26-34-72(76(53)71)83(82)80(70)59-48-65(91(16,17)18)52-66(49-59)92(19,20)21/h22-53,75-76,81H,1-21H3. The minimum Gasteiger partial charge on any atom is -0.0767 e. The SMILES string of the molecule is CC(C)(C)c1cccc(-c2c3c(c(-c4cc(C(C)(C)C)cc(C(C)(C)C)c4)c4ccccc24)C2=CC=C4C=Cc5c(c(-c6cc(C(C)(C)C)cc(C(C)(C)C)c6)c6c(c5-c5cc(C(C)(C)C)cc(C(C)(C)C)c5)C5=CC=CC7C=CC=C6C57)C=CC5=CC=C3C2C54)c1. The highest BCUT2D eigenvalue weighted by atomic mass is 14.5. The Morgan fingerprint density at radius 1 is 0.250 bits per heavy atom. The Kier molecular flexibility index (Phi) is 14.0. The predicted octanol–water partition coefficient (Wildman–Crippen LogP) is 25.4. The van der Waals surface area contributed by atoms with Gasteiger partial charge in [-0.15, -0.1) is 0 Å². The Morgan fingerprint density at radius 2 is 0.576 bits per heavy atom. The van der Waals surface area contributed by atoms with Crippen molar-refractivity contribution in [2.75, 3.05) is 0 Å². The van der Waals surface area contributed by atoms with E-state index in [2.05, 4.69) is 334 Å². The van der Waals surface area contributed by atoms with E-state index in [1.807, 2.05) is 0 Å². The molecule has 0 fully saturated rings. The largest absolute Gasteiger partial charge is 0.0767 e. The molecule has 7 aliphatic rings. The third-order valence-electron chi connectivity index (χ3n) is 21.6. The molecule has 0 spiro atoms. The van der Waals surface area contributed by atoms with Gasteiger partial charge in [0.25, 0.3) is 0 Å². The summed E-state index contributed by atoms with van der Waals surface area (Å²) >= 11 is 0. The van der Waals surface area contributed by atoms with Crippen LogP contribution in [0.5, 0.6) is 0 Å². The molecule has 0 saturated heterocycles. The quantitative estimate of drug-likeness (QED) is 0.165. The summed E-state index contributed by atoms with van der Waals surface area (Å²) in [5, 5.41) is 2.62. The molecular formula is C92H98. The molecule has 0 aliphatic heterocycles. The summed E-state index contributed by atoms with van der Waals surface area (Å²) in [6.45, 7) is 50.0. The van der Waals surface area contributed by atoms with Gasteiger partial charge in [0, 0.05) is 23.7 Å². The summed E-state index contributed by atoms with van der Waals surface area (Å²) in [4.78, 5) is 0. The molecule has 14 rings (SSSR count). The summed E-state index contributed by atoms with van der Waals surface area (Å²) in [5.74, 6) is 0.654. The van der Waals surface area contributed by atoms with Gasteiger partial charge in [-0.2, -0.15) is 0 Å². The van der Waals surface area contributed by atoms with Gasteiger partial charge in [-0.05, 0) is 199 Å². The molecular weight excluding hydrogens is 1110 g/mol. The maximum Gasteiger partial charge on any atom is 0.0211 e. The van der Waals surface area contributed by atoms with E-state index in [9.17, 15) is 0 Å². The maximum absolute atomic E-state index is 2.59. The molecule has 4 unspecified atom stereocenters. The summed E-state index contributed by atoms with van der Waals surface area (Å²) in [5.41, 5.74) is 36.3. The van der Waals surface area contributed by atoms with Crippen molar-refractivity contribution in [1.29, 1.82) is 0 Å². The maximum atomic E-state index is 2.59. The first-order valence-electron chi connectivity index (χ1n) is 34.5. The first kappa shape index (κ1) is 61.7. The van der Waals surface area contributed by atoms with E-state index in [0.717, 1.165) is 0 Å². The molecule has 0 heteroatoms. The molecule has 4 atom stereocenters. The zero-order valence-electron chi connectivity index (χ0n) is 59.2. The molecule has 0 N–H and O–H groups in total. The van der Waals surface area contributed by atoms with E-state index < -0.39 is 0 Å². The van der Waals surface area contributed by atoms with Crippen molar-refractivity contribution in [3.8, 4) is 44.5 Å². The molecule has 7 aromatic rings. The predicted molar refractivity (Wildman–Crippen MR) is 401 cm³/mol. The molecule has 7 aromatic carbocycles. The highest BCUT2D eigenvalue weighted by molar-refractivity contribution is 6.19. The van der Waals surface area contributed by atoms with Crippen LogP contribution in [0.25, 0.3) is 89.7 Å². The van der Waals surface area contributed by atoms with Gasteiger partial charge in [-0.25, -0.2) is 0 Å². The molecule has 466 valence electrons. The minimum absolute atomic E-state index is 0.0241. The van der Waals surface area contributed by atoms with Crippen LogP contribution in [0.3, 0.4) is 0 Å². The second kappa shape index (κ2) is 20.9. The van der Waals surface area contributed by atoms with Crippen LogP contribution in [0, 0.1) is 23.7 Å². The van der Waals surface area contributed by atoms with Crippen LogP contribution in [-0.2, 0) is 37.9 Å². The highest BCUT2D eigenvalue weighted by Crippen LogP contribution is 2.65. The van der Waals surface area contributed by atoms with Crippen LogP contribution in [-0.4, -0.2) is 0 Å². The lowest BCUT2D eigenvalue weighted by Gasteiger charge is -2.34. The van der Waals surface area contributed by atoms with E-state index in [1.54, 1.807) is 0 Å². The number of rotatable bonds is 4. The van der Waals surface area contributed by atoms with Gasteiger partial charge in [0.1, 0.15) is 0 Å². The molecule has 0 amide bonds. The van der Waals surface area contributed by atoms with Crippen molar-refractivity contribution < 1.29 is 0 Å². The van der Waals surface area contributed by atoms with Gasteiger partial charge in [0.15, 0.2) is 0 Å². The Labute approximate surface area is 552 Å². The van der Waals surface area contributed by atoms with Crippen molar-refractivity contribution >= 4 is 45.2 Å². The summed E-state index contributed by atoms with van der Waals surface area (Å²) in [7, 11) is 0. The molecule has 0 saturated carbocycles. The Bertz CT molecular complexity index is 4580. The fourth-order valence-corrected chi connectivity index (χ4v) is 16.2. The van der Waals surface area contributed by atoms with Crippen molar-refractivity contribution in [3.63, 3.8) is 0 Å². The summed E-state index contributed by atoms with van der Waals surface area (Å²) < 4.78 is 0. The first-order valence-corrected chi connectivity index (χ1v) is 34.5. The van der Waals surface area contributed by atoms with Crippen LogP contribution < -0.4 is 0 Å². The fraction of sp³-hybridized carbons (Fsp3) is 0.348. The Balaban J connectivity index is 1.11. The average Bonchev–Trinajstić information content (AvgIpc) is 1.53. The van der Waals surface area contributed by atoms with Crippen LogP contribution in [0.4, 0.5) is 0 Å². The van der Waals surface area contributed by atoms with Gasteiger partial charge in [-0.3, -0.25) is 0 Å². The van der Waals surface area contributed by atoms with Crippen LogP contribution >= 0.6 is 0 Å². The third-order valence-corrected chi connectivity index (χ3v) is 21.6. The van der Waals surface area contributed by atoms with Gasteiger partial charge in [0.2, 0.25) is 0 Å². The summed E-state index contributed by atoms with van der Waals surface area (Å²) in [6, 6.07) is 41.8. The molecule has 92 heavy (non-hydrogen) atoms. The number of allylic oxidation sites excluding steroid dienone is 18. The van der Waals surface area contributed by atoms with Crippen LogP contribution in [0.1, 0.15) is 218 Å². The van der Waals surface area contributed by atoms with Crippen molar-refractivity contribution in [3.05, 3.63) is 260 Å². The van der Waals surface area contributed by atoms with E-state index in [0.29, 0.717) is 0 Å². The third kappa shape index (κ3) is 10.1. The second-order valence-electron chi connectivity index (χ2n) is 35.4. The number of benzene rings is 7. The van der Waals surface area contributed by atoms with Gasteiger partial charge >= 0.3 is 0 Å². The number of hydrogen-bond acceptors (Lipinski definition) is 0. The Hall–Kier alpha value is -7.80. The molecule has 0 bridgehead atoms. The van der Waals surface area contributed by atoms with Crippen molar-refractivity contribution in [2.24, 2.45) is 23.7 Å². The van der Waals surface area contributed by atoms with E-state index >= 15 is 0 Å². The van der Waals surface area contributed by atoms with E-state index in [-0.39, 0.29) is 61.6 Å². The molecule has 0 nitrogen and oxygen atoms in total. The highest BCUT2D eigenvalue weighted by Gasteiger charge is 2.47. The number of hydrogen-bond donors (Lipinski definition) is 0. The van der Waals surface area contributed by atoms with Gasteiger partial charge < -0.3 is 0 Å². The topological polar surface area (TPSA) is 0 Å². The van der Waals surface area contributed by atoms with E-state index in [4.69, 9.17) is 0 Å². The molecule has 0 heterocycles. The second-order valence-corrected chi connectivity index (χ2v) is 35.4. The van der Waals surface area contributed by atoms with E-state index in [1.165, 1.54) is 161 Å². The smallest absolute Gasteiger partial charge is 0.0211 e. The zero-order valence-corrected chi connectivity index (χ0v) is 59.2. The Morgan fingerprint density at radius 3 is 0.946 bits per heavy atom. The monoisotopic (exact) mass is 1200 g/mol. The lowest BCUT2D eigenvalue weighted by atomic mass is 9.69.